The summed E-state index contributed by atoms with van der Waals surface area (Å²) in [6.07, 6.45) is 1.04. The lowest BCUT2D eigenvalue weighted by molar-refractivity contribution is 0.173. The first-order valence-electron chi connectivity index (χ1n) is 12.1. The lowest BCUT2D eigenvalue weighted by atomic mass is 9.98. The molecular formula is C29H24F2N2O6S. The summed E-state index contributed by atoms with van der Waals surface area (Å²) >= 11 is 0. The van der Waals surface area contributed by atoms with Gasteiger partial charge in [0.15, 0.2) is 21.3 Å². The van der Waals surface area contributed by atoms with Gasteiger partial charge in [-0.15, -0.1) is 0 Å². The van der Waals surface area contributed by atoms with Gasteiger partial charge >= 0.3 is 6.03 Å². The highest BCUT2D eigenvalue weighted by Gasteiger charge is 2.22. The van der Waals surface area contributed by atoms with E-state index in [9.17, 15) is 22.0 Å². The number of urea groups is 1. The molecule has 2 N–H and O–H groups in total. The third-order valence-corrected chi connectivity index (χ3v) is 7.21. The Morgan fingerprint density at radius 1 is 0.950 bits per heavy atom. The largest absolute Gasteiger partial charge is 0.489 e. The average molecular weight is 567 g/mol. The predicted molar refractivity (Wildman–Crippen MR) is 143 cm³/mol. The molecule has 1 aliphatic heterocycles. The van der Waals surface area contributed by atoms with E-state index in [0.717, 1.165) is 17.9 Å². The lowest BCUT2D eigenvalue weighted by Gasteiger charge is -2.21. The van der Waals surface area contributed by atoms with Crippen molar-refractivity contribution in [1.29, 1.82) is 0 Å². The molecule has 8 nitrogen and oxygen atoms in total. The van der Waals surface area contributed by atoms with Gasteiger partial charge in [0.25, 0.3) is 0 Å². The Kier molecular flexibility index (Phi) is 7.56. The number of rotatable bonds is 8. The van der Waals surface area contributed by atoms with E-state index < -0.39 is 33.5 Å². The van der Waals surface area contributed by atoms with Gasteiger partial charge in [-0.1, -0.05) is 30.3 Å². The number of amides is 2. The SMILES string of the molecule is CS(=O)(=O)c1cccc(C(NC(=O)Nc2cccc(COc3ccc4c(c3)OCO4)c2)c2ccc(F)cc2F)c1. The fourth-order valence-corrected chi connectivity index (χ4v) is 4.85. The molecule has 1 atom stereocenters. The van der Waals surface area contributed by atoms with E-state index in [1.54, 1.807) is 42.5 Å². The number of carbonyl (C=O) groups is 1. The fourth-order valence-electron chi connectivity index (χ4n) is 4.17. The van der Waals surface area contributed by atoms with Gasteiger partial charge in [-0.3, -0.25) is 0 Å². The normalized spacial score (nSPS) is 13.0. The molecule has 1 heterocycles. The summed E-state index contributed by atoms with van der Waals surface area (Å²) in [7, 11) is -3.58. The summed E-state index contributed by atoms with van der Waals surface area (Å²) in [5, 5.41) is 5.38. The Bertz CT molecular complexity index is 1680. The van der Waals surface area contributed by atoms with Crippen molar-refractivity contribution in [1.82, 2.24) is 5.32 Å². The van der Waals surface area contributed by atoms with Crippen LogP contribution in [0, 0.1) is 11.6 Å². The zero-order chi connectivity index (χ0) is 28.3. The van der Waals surface area contributed by atoms with Crippen LogP contribution in [0.25, 0.3) is 0 Å². The van der Waals surface area contributed by atoms with Gasteiger partial charge in [-0.05, 0) is 53.6 Å². The van der Waals surface area contributed by atoms with Crippen molar-refractivity contribution >= 4 is 21.6 Å². The van der Waals surface area contributed by atoms with Crippen molar-refractivity contribution in [2.45, 2.75) is 17.5 Å². The van der Waals surface area contributed by atoms with E-state index >= 15 is 0 Å². The second kappa shape index (κ2) is 11.2. The van der Waals surface area contributed by atoms with Crippen LogP contribution in [0.3, 0.4) is 0 Å². The third-order valence-electron chi connectivity index (χ3n) is 6.10. The highest BCUT2D eigenvalue weighted by Crippen LogP contribution is 2.35. The Morgan fingerprint density at radius 2 is 1.75 bits per heavy atom. The second-order valence-electron chi connectivity index (χ2n) is 9.05. The van der Waals surface area contributed by atoms with Gasteiger partial charge in [0.05, 0.1) is 10.9 Å². The quantitative estimate of drug-likeness (QED) is 0.288. The summed E-state index contributed by atoms with van der Waals surface area (Å²) in [5.41, 5.74) is 1.47. The Morgan fingerprint density at radius 3 is 2.55 bits per heavy atom. The first-order chi connectivity index (χ1) is 19.2. The zero-order valence-electron chi connectivity index (χ0n) is 21.2. The number of ether oxygens (including phenoxy) is 3. The minimum Gasteiger partial charge on any atom is -0.489 e. The van der Waals surface area contributed by atoms with Crippen molar-refractivity contribution in [2.24, 2.45) is 0 Å². The van der Waals surface area contributed by atoms with E-state index in [-0.39, 0.29) is 23.9 Å². The van der Waals surface area contributed by atoms with Gasteiger partial charge in [0, 0.05) is 29.6 Å². The minimum atomic E-state index is -3.58. The van der Waals surface area contributed by atoms with Crippen molar-refractivity contribution in [3.63, 3.8) is 0 Å². The first-order valence-corrected chi connectivity index (χ1v) is 14.0. The highest BCUT2D eigenvalue weighted by atomic mass is 32.2. The van der Waals surface area contributed by atoms with Crippen molar-refractivity contribution in [2.75, 3.05) is 18.4 Å². The maximum Gasteiger partial charge on any atom is 0.319 e. The summed E-state index contributed by atoms with van der Waals surface area (Å²) < 4.78 is 69.1. The number of hydrogen-bond acceptors (Lipinski definition) is 6. The van der Waals surface area contributed by atoms with E-state index in [4.69, 9.17) is 14.2 Å². The molecule has 4 aromatic rings. The summed E-state index contributed by atoms with van der Waals surface area (Å²) in [6, 6.07) is 19.1. The first kappa shape index (κ1) is 26.9. The van der Waals surface area contributed by atoms with Crippen LogP contribution < -0.4 is 24.8 Å². The molecule has 0 aliphatic carbocycles. The number of sulfone groups is 1. The van der Waals surface area contributed by atoms with Gasteiger partial charge in [-0.25, -0.2) is 22.0 Å². The Labute approximate surface area is 229 Å². The number of benzene rings is 4. The molecule has 0 aromatic heterocycles. The van der Waals surface area contributed by atoms with Crippen molar-refractivity contribution in [3.8, 4) is 17.2 Å². The van der Waals surface area contributed by atoms with E-state index in [1.807, 2.05) is 6.07 Å². The monoisotopic (exact) mass is 566 g/mol. The number of halogens is 2. The lowest BCUT2D eigenvalue weighted by Crippen LogP contribution is -2.33. The maximum absolute atomic E-state index is 14.8. The molecule has 1 aliphatic rings. The van der Waals surface area contributed by atoms with Crippen LogP contribution in [0.15, 0.2) is 89.8 Å². The molecule has 40 heavy (non-hydrogen) atoms. The van der Waals surface area contributed by atoms with Crippen LogP contribution in [0.2, 0.25) is 0 Å². The molecule has 0 saturated carbocycles. The molecule has 2 amide bonds. The number of carbonyl (C=O) groups excluding carboxylic acids is 1. The summed E-state index contributed by atoms with van der Waals surface area (Å²) in [6.45, 7) is 0.366. The van der Waals surface area contributed by atoms with Crippen LogP contribution >= 0.6 is 0 Å². The standard InChI is InChI=1S/C29H24F2N2O6S/c1-40(35,36)23-7-3-5-19(13-23)28(24-10-8-20(30)14-25(24)31)33-29(34)32-21-6-2-4-18(12-21)16-37-22-9-11-26-27(15-22)39-17-38-26/h2-15,28H,16-17H2,1H3,(H2,32,33,34). The molecule has 0 spiro atoms. The van der Waals surface area contributed by atoms with E-state index in [1.165, 1.54) is 24.3 Å². The highest BCUT2D eigenvalue weighted by molar-refractivity contribution is 7.90. The van der Waals surface area contributed by atoms with Crippen LogP contribution in [-0.2, 0) is 16.4 Å². The molecule has 206 valence electrons. The third kappa shape index (κ3) is 6.32. The molecule has 0 bridgehead atoms. The molecule has 0 fully saturated rings. The van der Waals surface area contributed by atoms with Crippen LogP contribution in [0.1, 0.15) is 22.7 Å². The summed E-state index contributed by atoms with van der Waals surface area (Å²) in [4.78, 5) is 13.0. The smallest absolute Gasteiger partial charge is 0.319 e. The van der Waals surface area contributed by atoms with Crippen molar-refractivity contribution in [3.05, 3.63) is 113 Å². The van der Waals surface area contributed by atoms with Gasteiger partial charge in [0.2, 0.25) is 6.79 Å². The minimum absolute atomic E-state index is 0.00473. The molecule has 0 saturated heterocycles. The number of fused-ring (bicyclic) bond motifs is 1. The molecule has 1 unspecified atom stereocenters. The Balaban J connectivity index is 1.32. The molecule has 5 rings (SSSR count). The maximum atomic E-state index is 14.8. The Hall–Kier alpha value is -4.64. The second-order valence-corrected chi connectivity index (χ2v) is 11.1. The van der Waals surface area contributed by atoms with Gasteiger partial charge < -0.3 is 24.8 Å². The fraction of sp³-hybridized carbons (Fsp3) is 0.138. The zero-order valence-corrected chi connectivity index (χ0v) is 22.0. The topological polar surface area (TPSA) is 103 Å². The van der Waals surface area contributed by atoms with Gasteiger partial charge in [-0.2, -0.15) is 0 Å². The van der Waals surface area contributed by atoms with Crippen LogP contribution in [-0.4, -0.2) is 27.5 Å². The van der Waals surface area contributed by atoms with Crippen LogP contribution in [0.4, 0.5) is 19.3 Å². The molecular weight excluding hydrogens is 542 g/mol. The van der Waals surface area contributed by atoms with Crippen molar-refractivity contribution < 1.29 is 36.2 Å². The summed E-state index contributed by atoms with van der Waals surface area (Å²) in [5.74, 6) is 0.151. The van der Waals surface area contributed by atoms with Crippen LogP contribution in [0.5, 0.6) is 17.2 Å². The number of anilines is 1. The van der Waals surface area contributed by atoms with E-state index in [0.29, 0.717) is 34.6 Å². The average Bonchev–Trinajstić information content (AvgIpc) is 3.39. The van der Waals surface area contributed by atoms with E-state index in [2.05, 4.69) is 10.6 Å². The molecule has 0 radical (unpaired) electrons. The van der Waals surface area contributed by atoms with Gasteiger partial charge in [0.1, 0.15) is 24.0 Å². The number of nitrogens with one attached hydrogen (secondary N) is 2. The predicted octanol–water partition coefficient (Wildman–Crippen LogP) is 5.59. The number of hydrogen-bond donors (Lipinski definition) is 2. The molecule has 4 aromatic carbocycles. The molecule has 11 heteroatoms.